The summed E-state index contributed by atoms with van der Waals surface area (Å²) in [4.78, 5) is 2.05. The summed E-state index contributed by atoms with van der Waals surface area (Å²) >= 11 is 7.33. The molecule has 1 aliphatic carbocycles. The maximum absolute atomic E-state index is 13.8. The molecule has 1 heterocycles. The summed E-state index contributed by atoms with van der Waals surface area (Å²) in [5.41, 5.74) is 6.75. The van der Waals surface area contributed by atoms with Gasteiger partial charge in [0.15, 0.2) is 0 Å². The maximum atomic E-state index is 13.8. The normalized spacial score (nSPS) is 16.8. The SMILES string of the molecule is NC(c1ccc(-c2ccc(Cl)cc2F)s1)C1CC1. The molecule has 1 saturated carbocycles. The zero-order valence-electron chi connectivity index (χ0n) is 9.70. The van der Waals surface area contributed by atoms with Crippen LogP contribution in [0.3, 0.4) is 0 Å². The molecule has 18 heavy (non-hydrogen) atoms. The van der Waals surface area contributed by atoms with Crippen molar-refractivity contribution < 1.29 is 4.39 Å². The summed E-state index contributed by atoms with van der Waals surface area (Å²) in [5, 5.41) is 0.419. The smallest absolute Gasteiger partial charge is 0.133 e. The van der Waals surface area contributed by atoms with Crippen LogP contribution in [0.25, 0.3) is 10.4 Å². The van der Waals surface area contributed by atoms with Crippen LogP contribution in [0.15, 0.2) is 30.3 Å². The van der Waals surface area contributed by atoms with E-state index in [4.69, 9.17) is 17.3 Å². The first-order valence-corrected chi connectivity index (χ1v) is 7.15. The van der Waals surface area contributed by atoms with Gasteiger partial charge in [-0.25, -0.2) is 4.39 Å². The van der Waals surface area contributed by atoms with Crippen LogP contribution >= 0.6 is 22.9 Å². The lowest BCUT2D eigenvalue weighted by Gasteiger charge is -2.06. The first-order valence-electron chi connectivity index (χ1n) is 5.96. The van der Waals surface area contributed by atoms with Gasteiger partial charge in [-0.1, -0.05) is 11.6 Å². The third-order valence-corrected chi connectivity index (χ3v) is 4.74. The minimum atomic E-state index is -0.282. The molecule has 0 amide bonds. The van der Waals surface area contributed by atoms with Crippen LogP contribution in [0, 0.1) is 11.7 Å². The van der Waals surface area contributed by atoms with Gasteiger partial charge >= 0.3 is 0 Å². The Morgan fingerprint density at radius 1 is 1.28 bits per heavy atom. The van der Waals surface area contributed by atoms with Crippen molar-refractivity contribution in [3.63, 3.8) is 0 Å². The first-order chi connectivity index (χ1) is 8.65. The van der Waals surface area contributed by atoms with Crippen molar-refractivity contribution in [2.75, 3.05) is 0 Å². The van der Waals surface area contributed by atoms with E-state index in [1.165, 1.54) is 18.9 Å². The van der Waals surface area contributed by atoms with E-state index in [9.17, 15) is 4.39 Å². The van der Waals surface area contributed by atoms with Crippen molar-refractivity contribution in [3.05, 3.63) is 46.0 Å². The monoisotopic (exact) mass is 281 g/mol. The van der Waals surface area contributed by atoms with Gasteiger partial charge in [0.25, 0.3) is 0 Å². The molecule has 0 bridgehead atoms. The minimum absolute atomic E-state index is 0.110. The van der Waals surface area contributed by atoms with Crippen molar-refractivity contribution >= 4 is 22.9 Å². The second kappa shape index (κ2) is 4.65. The Kier molecular flexibility index (Phi) is 3.14. The van der Waals surface area contributed by atoms with Crippen molar-refractivity contribution in [1.82, 2.24) is 0 Å². The molecular weight excluding hydrogens is 269 g/mol. The average Bonchev–Trinajstić information content (AvgIpc) is 3.07. The Balaban J connectivity index is 1.92. The quantitative estimate of drug-likeness (QED) is 0.873. The summed E-state index contributed by atoms with van der Waals surface area (Å²) in [6, 6.07) is 8.83. The highest BCUT2D eigenvalue weighted by Gasteiger charge is 2.30. The summed E-state index contributed by atoms with van der Waals surface area (Å²) in [6.07, 6.45) is 2.42. The number of halogens is 2. The number of rotatable bonds is 3. The van der Waals surface area contributed by atoms with Gasteiger partial charge in [0.1, 0.15) is 5.82 Å². The Labute approximate surface area is 114 Å². The van der Waals surface area contributed by atoms with Crippen LogP contribution in [-0.4, -0.2) is 0 Å². The Hall–Kier alpha value is -0.900. The molecule has 0 spiro atoms. The second-order valence-electron chi connectivity index (χ2n) is 4.69. The van der Waals surface area contributed by atoms with Gasteiger partial charge in [0.05, 0.1) is 0 Å². The lowest BCUT2D eigenvalue weighted by atomic mass is 10.1. The fraction of sp³-hybridized carbons (Fsp3) is 0.286. The van der Waals surface area contributed by atoms with Crippen molar-refractivity contribution in [2.45, 2.75) is 18.9 Å². The highest BCUT2D eigenvalue weighted by Crippen LogP contribution is 2.43. The third-order valence-electron chi connectivity index (χ3n) is 3.28. The molecule has 1 aliphatic rings. The molecule has 1 unspecified atom stereocenters. The van der Waals surface area contributed by atoms with E-state index in [-0.39, 0.29) is 11.9 Å². The Morgan fingerprint density at radius 2 is 2.06 bits per heavy atom. The minimum Gasteiger partial charge on any atom is -0.323 e. The molecule has 1 aromatic carbocycles. The highest BCUT2D eigenvalue weighted by atomic mass is 35.5. The Bertz CT molecular complexity index is 577. The molecule has 94 valence electrons. The number of hydrogen-bond acceptors (Lipinski definition) is 2. The van der Waals surface area contributed by atoms with Gasteiger partial charge in [0, 0.05) is 26.4 Å². The summed E-state index contributed by atoms with van der Waals surface area (Å²) < 4.78 is 13.8. The molecule has 0 radical (unpaired) electrons. The summed E-state index contributed by atoms with van der Waals surface area (Å²) in [5.74, 6) is 0.336. The van der Waals surface area contributed by atoms with E-state index in [1.54, 1.807) is 23.5 Å². The fourth-order valence-corrected chi connectivity index (χ4v) is 3.34. The molecule has 0 aliphatic heterocycles. The highest BCUT2D eigenvalue weighted by molar-refractivity contribution is 7.15. The molecule has 2 N–H and O–H groups in total. The van der Waals surface area contributed by atoms with Crippen LogP contribution in [0.5, 0.6) is 0 Å². The molecular formula is C14H13ClFNS. The van der Waals surface area contributed by atoms with Gasteiger partial charge in [0.2, 0.25) is 0 Å². The lowest BCUT2D eigenvalue weighted by Crippen LogP contribution is -2.10. The molecule has 1 aromatic heterocycles. The molecule has 1 atom stereocenters. The molecule has 0 saturated heterocycles. The second-order valence-corrected chi connectivity index (χ2v) is 6.24. The predicted molar refractivity (Wildman–Crippen MR) is 74.4 cm³/mol. The number of nitrogens with two attached hydrogens (primary N) is 1. The van der Waals surface area contributed by atoms with Crippen LogP contribution in [-0.2, 0) is 0 Å². The van der Waals surface area contributed by atoms with Gasteiger partial charge < -0.3 is 5.73 Å². The topological polar surface area (TPSA) is 26.0 Å². The van der Waals surface area contributed by atoms with E-state index < -0.39 is 0 Å². The molecule has 3 rings (SSSR count). The summed E-state index contributed by atoms with van der Waals surface area (Å²) in [7, 11) is 0. The van der Waals surface area contributed by atoms with Gasteiger partial charge in [-0.2, -0.15) is 0 Å². The van der Waals surface area contributed by atoms with Crippen LogP contribution < -0.4 is 5.73 Å². The van der Waals surface area contributed by atoms with Gasteiger partial charge in [-0.05, 0) is 49.1 Å². The zero-order valence-corrected chi connectivity index (χ0v) is 11.3. The predicted octanol–water partition coefficient (Wildman–Crippen LogP) is 4.62. The lowest BCUT2D eigenvalue weighted by molar-refractivity contribution is 0.632. The van der Waals surface area contributed by atoms with E-state index in [0.29, 0.717) is 16.5 Å². The largest absolute Gasteiger partial charge is 0.323 e. The fourth-order valence-electron chi connectivity index (χ4n) is 2.05. The van der Waals surface area contributed by atoms with E-state index >= 15 is 0 Å². The molecule has 1 fully saturated rings. The Morgan fingerprint density at radius 3 is 2.72 bits per heavy atom. The third kappa shape index (κ3) is 2.30. The standard InChI is InChI=1S/C14H13ClFNS/c15-9-3-4-10(11(16)7-9)12-5-6-13(18-12)14(17)8-1-2-8/h3-8,14H,1-2,17H2. The number of thiophene rings is 1. The van der Waals surface area contributed by atoms with Gasteiger partial charge in [-0.15, -0.1) is 11.3 Å². The molecule has 2 aromatic rings. The van der Waals surface area contributed by atoms with Gasteiger partial charge in [-0.3, -0.25) is 0 Å². The van der Waals surface area contributed by atoms with E-state index in [1.807, 2.05) is 12.1 Å². The van der Waals surface area contributed by atoms with Crippen LogP contribution in [0.1, 0.15) is 23.8 Å². The zero-order chi connectivity index (χ0) is 12.7. The number of benzene rings is 1. The van der Waals surface area contributed by atoms with Crippen molar-refractivity contribution in [2.24, 2.45) is 11.7 Å². The maximum Gasteiger partial charge on any atom is 0.133 e. The first kappa shape index (κ1) is 12.2. The van der Waals surface area contributed by atoms with E-state index in [2.05, 4.69) is 0 Å². The summed E-state index contributed by atoms with van der Waals surface area (Å²) in [6.45, 7) is 0. The number of hydrogen-bond donors (Lipinski definition) is 1. The van der Waals surface area contributed by atoms with Crippen LogP contribution in [0.2, 0.25) is 5.02 Å². The molecule has 4 heteroatoms. The van der Waals surface area contributed by atoms with Crippen molar-refractivity contribution in [3.8, 4) is 10.4 Å². The van der Waals surface area contributed by atoms with E-state index in [0.717, 1.165) is 9.75 Å². The molecule has 1 nitrogen and oxygen atoms in total. The van der Waals surface area contributed by atoms with Crippen molar-refractivity contribution in [1.29, 1.82) is 0 Å². The van der Waals surface area contributed by atoms with Crippen LogP contribution in [0.4, 0.5) is 4.39 Å². The average molecular weight is 282 g/mol.